The Morgan fingerprint density at radius 1 is 1.29 bits per heavy atom. The summed E-state index contributed by atoms with van der Waals surface area (Å²) < 4.78 is 6.07. The summed E-state index contributed by atoms with van der Waals surface area (Å²) in [6.07, 6.45) is 4.62. The molecule has 0 aliphatic heterocycles. The maximum atomic E-state index is 6.07. The molecule has 0 saturated heterocycles. The van der Waals surface area contributed by atoms with Crippen LogP contribution in [0.3, 0.4) is 0 Å². The smallest absolute Gasteiger partial charge is 0.164 e. The molecule has 0 bridgehead atoms. The van der Waals surface area contributed by atoms with E-state index in [0.29, 0.717) is 6.10 Å². The quantitative estimate of drug-likeness (QED) is 0.804. The number of aromatic nitrogens is 1. The molecule has 0 radical (unpaired) electrons. The van der Waals surface area contributed by atoms with Crippen molar-refractivity contribution < 1.29 is 4.74 Å². The highest BCUT2D eigenvalue weighted by molar-refractivity contribution is 5.60. The Morgan fingerprint density at radius 2 is 1.94 bits per heavy atom. The Kier molecular flexibility index (Phi) is 3.02. The lowest BCUT2D eigenvalue weighted by molar-refractivity contribution is 0.293. The van der Waals surface area contributed by atoms with Gasteiger partial charge in [0.25, 0.3) is 0 Å². The molecule has 17 heavy (non-hydrogen) atoms. The molecule has 1 heterocycles. The second kappa shape index (κ2) is 4.21. The molecule has 0 unspecified atom stereocenters. The molecule has 0 amide bonds. The van der Waals surface area contributed by atoms with Gasteiger partial charge in [-0.3, -0.25) is 4.98 Å². The van der Waals surface area contributed by atoms with Gasteiger partial charge in [-0.1, -0.05) is 20.8 Å². The molecule has 0 aromatic carbocycles. The molecule has 0 atom stereocenters. The van der Waals surface area contributed by atoms with E-state index >= 15 is 0 Å². The van der Waals surface area contributed by atoms with Gasteiger partial charge in [0.1, 0.15) is 0 Å². The van der Waals surface area contributed by atoms with Crippen LogP contribution in [0.2, 0.25) is 0 Å². The van der Waals surface area contributed by atoms with Gasteiger partial charge in [0, 0.05) is 25.7 Å². The maximum absolute atomic E-state index is 6.07. The van der Waals surface area contributed by atoms with Gasteiger partial charge in [-0.2, -0.15) is 0 Å². The summed E-state index contributed by atoms with van der Waals surface area (Å²) in [5.41, 5.74) is 2.18. The van der Waals surface area contributed by atoms with E-state index in [2.05, 4.69) is 30.7 Å². The summed E-state index contributed by atoms with van der Waals surface area (Å²) in [4.78, 5) is 6.61. The van der Waals surface area contributed by atoms with Gasteiger partial charge in [0.05, 0.1) is 17.5 Å². The van der Waals surface area contributed by atoms with Crippen LogP contribution in [-0.4, -0.2) is 25.2 Å². The summed E-state index contributed by atoms with van der Waals surface area (Å²) in [5, 5.41) is 0. The van der Waals surface area contributed by atoms with E-state index in [1.54, 1.807) is 0 Å². The van der Waals surface area contributed by atoms with Gasteiger partial charge in [0.2, 0.25) is 0 Å². The first kappa shape index (κ1) is 12.2. The fourth-order valence-electron chi connectivity index (χ4n) is 1.79. The third kappa shape index (κ3) is 2.71. The number of pyridine rings is 1. The minimum Gasteiger partial charge on any atom is -0.486 e. The fraction of sp³-hybridized carbons (Fsp3) is 0.643. The van der Waals surface area contributed by atoms with Gasteiger partial charge in [-0.05, 0) is 18.9 Å². The molecule has 1 fully saturated rings. The molecule has 1 saturated carbocycles. The van der Waals surface area contributed by atoms with Crippen LogP contribution in [0.25, 0.3) is 0 Å². The number of hydrogen-bond acceptors (Lipinski definition) is 3. The van der Waals surface area contributed by atoms with E-state index in [1.807, 2.05) is 26.4 Å². The molecular formula is C14H22N2O. The summed E-state index contributed by atoms with van der Waals surface area (Å²) in [6.45, 7) is 6.53. The normalized spacial score (nSPS) is 15.8. The number of anilines is 1. The van der Waals surface area contributed by atoms with Crippen LogP contribution in [0.5, 0.6) is 5.75 Å². The van der Waals surface area contributed by atoms with Crippen molar-refractivity contribution >= 4 is 5.69 Å². The average Bonchev–Trinajstić information content (AvgIpc) is 3.00. The standard InChI is InChI=1S/C14H22N2O/c1-14(2,3)13-12(17-10-6-7-10)11(16(4)5)8-9-15-13/h8-10H,6-7H2,1-5H3. The second-order valence-electron chi connectivity index (χ2n) is 5.97. The van der Waals surface area contributed by atoms with Crippen LogP contribution in [0, 0.1) is 0 Å². The zero-order valence-corrected chi connectivity index (χ0v) is 11.4. The fourth-order valence-corrected chi connectivity index (χ4v) is 1.79. The molecule has 1 aromatic rings. The maximum Gasteiger partial charge on any atom is 0.164 e. The summed E-state index contributed by atoms with van der Waals surface area (Å²) in [5.74, 6) is 0.965. The first-order valence-corrected chi connectivity index (χ1v) is 6.23. The lowest BCUT2D eigenvalue weighted by Crippen LogP contribution is -2.19. The molecule has 1 aliphatic carbocycles. The molecule has 3 nitrogen and oxygen atoms in total. The van der Waals surface area contributed by atoms with E-state index in [4.69, 9.17) is 4.74 Å². The van der Waals surface area contributed by atoms with Crippen LogP contribution < -0.4 is 9.64 Å². The van der Waals surface area contributed by atoms with Gasteiger partial charge < -0.3 is 9.64 Å². The zero-order chi connectivity index (χ0) is 12.6. The number of rotatable bonds is 3. The third-order valence-electron chi connectivity index (χ3n) is 2.88. The van der Waals surface area contributed by atoms with Crippen molar-refractivity contribution in [2.45, 2.75) is 45.1 Å². The van der Waals surface area contributed by atoms with E-state index < -0.39 is 0 Å². The molecule has 1 aromatic heterocycles. The highest BCUT2D eigenvalue weighted by Crippen LogP contribution is 2.39. The molecule has 0 spiro atoms. The van der Waals surface area contributed by atoms with Crippen molar-refractivity contribution in [2.75, 3.05) is 19.0 Å². The number of nitrogens with zero attached hydrogens (tertiary/aromatic N) is 2. The van der Waals surface area contributed by atoms with Crippen molar-refractivity contribution in [2.24, 2.45) is 0 Å². The van der Waals surface area contributed by atoms with Crippen molar-refractivity contribution in [3.63, 3.8) is 0 Å². The van der Waals surface area contributed by atoms with Crippen LogP contribution in [0.15, 0.2) is 12.3 Å². The average molecular weight is 234 g/mol. The molecule has 2 rings (SSSR count). The van der Waals surface area contributed by atoms with E-state index in [0.717, 1.165) is 17.1 Å². The Labute approximate surface area is 104 Å². The second-order valence-corrected chi connectivity index (χ2v) is 5.97. The lowest BCUT2D eigenvalue weighted by atomic mass is 9.90. The predicted molar refractivity (Wildman–Crippen MR) is 70.9 cm³/mol. The van der Waals surface area contributed by atoms with Crippen LogP contribution in [0.1, 0.15) is 39.3 Å². The zero-order valence-electron chi connectivity index (χ0n) is 11.4. The highest BCUT2D eigenvalue weighted by atomic mass is 16.5. The summed E-state index contributed by atoms with van der Waals surface area (Å²) in [6, 6.07) is 2.02. The molecule has 3 heteroatoms. The van der Waals surface area contributed by atoms with Crippen LogP contribution in [-0.2, 0) is 5.41 Å². The topological polar surface area (TPSA) is 25.4 Å². The first-order chi connectivity index (χ1) is 7.89. The Morgan fingerprint density at radius 3 is 2.41 bits per heavy atom. The van der Waals surface area contributed by atoms with Gasteiger partial charge >= 0.3 is 0 Å². The predicted octanol–water partition coefficient (Wildman–Crippen LogP) is 2.99. The first-order valence-electron chi connectivity index (χ1n) is 6.23. The Balaban J connectivity index is 2.45. The SMILES string of the molecule is CN(C)c1ccnc(C(C)(C)C)c1OC1CC1. The van der Waals surface area contributed by atoms with E-state index in [1.165, 1.54) is 12.8 Å². The monoisotopic (exact) mass is 234 g/mol. The van der Waals surface area contributed by atoms with Crippen molar-refractivity contribution in [3.05, 3.63) is 18.0 Å². The highest BCUT2D eigenvalue weighted by Gasteiger charge is 2.30. The summed E-state index contributed by atoms with van der Waals surface area (Å²) >= 11 is 0. The molecule has 94 valence electrons. The Bertz CT molecular complexity index is 403. The van der Waals surface area contributed by atoms with Crippen molar-refractivity contribution in [3.8, 4) is 5.75 Å². The number of ether oxygens (including phenoxy) is 1. The Hall–Kier alpha value is -1.25. The van der Waals surface area contributed by atoms with Crippen molar-refractivity contribution in [1.82, 2.24) is 4.98 Å². The lowest BCUT2D eigenvalue weighted by Gasteiger charge is -2.25. The van der Waals surface area contributed by atoms with Gasteiger partial charge in [-0.15, -0.1) is 0 Å². The van der Waals surface area contributed by atoms with Gasteiger partial charge in [-0.25, -0.2) is 0 Å². The molecular weight excluding hydrogens is 212 g/mol. The van der Waals surface area contributed by atoms with Crippen LogP contribution in [0.4, 0.5) is 5.69 Å². The van der Waals surface area contributed by atoms with E-state index in [-0.39, 0.29) is 5.41 Å². The minimum atomic E-state index is 0.0102. The van der Waals surface area contributed by atoms with Crippen molar-refractivity contribution in [1.29, 1.82) is 0 Å². The third-order valence-corrected chi connectivity index (χ3v) is 2.88. The van der Waals surface area contributed by atoms with E-state index in [9.17, 15) is 0 Å². The molecule has 0 N–H and O–H groups in total. The summed E-state index contributed by atoms with van der Waals surface area (Å²) in [7, 11) is 4.09. The number of hydrogen-bond donors (Lipinski definition) is 0. The van der Waals surface area contributed by atoms with Gasteiger partial charge in [0.15, 0.2) is 5.75 Å². The minimum absolute atomic E-state index is 0.0102. The van der Waals surface area contributed by atoms with Crippen LogP contribution >= 0.6 is 0 Å². The largest absolute Gasteiger partial charge is 0.486 e. The molecule has 1 aliphatic rings.